The number of hydrogen-bond donors (Lipinski definition) is 0. The number of amides is 1. The molecule has 1 atom stereocenters. The standard InChI is InChI=1S/C21H27N5O3/c1-16-20(27)26(18-5-3-4-6-19(18)28-2)10-9-25(16)15-17-7-8-22-21(23-17)24-11-13-29-14-12-24/h3-8,16H,9-15H2,1-2H3/t16-/m1/s1. The number of para-hydroxylation sites is 2. The molecule has 3 heterocycles. The van der Waals surface area contributed by atoms with Crippen LogP contribution in [0.25, 0.3) is 0 Å². The highest BCUT2D eigenvalue weighted by Gasteiger charge is 2.33. The molecule has 0 spiro atoms. The lowest BCUT2D eigenvalue weighted by Crippen LogP contribution is -2.55. The highest BCUT2D eigenvalue weighted by atomic mass is 16.5. The van der Waals surface area contributed by atoms with E-state index >= 15 is 0 Å². The van der Waals surface area contributed by atoms with Crippen molar-refractivity contribution in [1.29, 1.82) is 0 Å². The molecule has 2 aromatic rings. The molecule has 2 aliphatic heterocycles. The van der Waals surface area contributed by atoms with Gasteiger partial charge in [0.1, 0.15) is 5.75 Å². The Morgan fingerprint density at radius 2 is 1.93 bits per heavy atom. The van der Waals surface area contributed by atoms with Crippen molar-refractivity contribution in [3.63, 3.8) is 0 Å². The van der Waals surface area contributed by atoms with E-state index in [-0.39, 0.29) is 11.9 Å². The van der Waals surface area contributed by atoms with Gasteiger partial charge >= 0.3 is 0 Å². The van der Waals surface area contributed by atoms with Crippen molar-refractivity contribution in [2.75, 3.05) is 56.3 Å². The maximum Gasteiger partial charge on any atom is 0.244 e. The number of carbonyl (C=O) groups is 1. The van der Waals surface area contributed by atoms with E-state index in [0.717, 1.165) is 37.0 Å². The van der Waals surface area contributed by atoms with E-state index < -0.39 is 0 Å². The molecule has 1 aromatic heterocycles. The Morgan fingerprint density at radius 3 is 2.72 bits per heavy atom. The number of aromatic nitrogens is 2. The van der Waals surface area contributed by atoms with E-state index in [0.29, 0.717) is 32.1 Å². The van der Waals surface area contributed by atoms with Gasteiger partial charge in [-0.2, -0.15) is 0 Å². The van der Waals surface area contributed by atoms with Crippen LogP contribution in [0.1, 0.15) is 12.6 Å². The summed E-state index contributed by atoms with van der Waals surface area (Å²) in [5.74, 6) is 1.52. The number of carbonyl (C=O) groups excluding carboxylic acids is 1. The van der Waals surface area contributed by atoms with Crippen molar-refractivity contribution in [3.8, 4) is 5.75 Å². The first-order chi connectivity index (χ1) is 14.2. The molecular weight excluding hydrogens is 370 g/mol. The van der Waals surface area contributed by atoms with Crippen molar-refractivity contribution in [3.05, 3.63) is 42.2 Å². The lowest BCUT2D eigenvalue weighted by atomic mass is 10.1. The SMILES string of the molecule is COc1ccccc1N1CCN(Cc2ccnc(N3CCOCC3)n2)[C@H](C)C1=O. The fourth-order valence-electron chi connectivity index (χ4n) is 3.82. The maximum atomic E-state index is 13.1. The van der Waals surface area contributed by atoms with Gasteiger partial charge in [-0.25, -0.2) is 9.97 Å². The van der Waals surface area contributed by atoms with Crippen LogP contribution >= 0.6 is 0 Å². The Labute approximate surface area is 171 Å². The summed E-state index contributed by atoms with van der Waals surface area (Å²) >= 11 is 0. The zero-order valence-corrected chi connectivity index (χ0v) is 17.0. The van der Waals surface area contributed by atoms with Gasteiger partial charge in [0.25, 0.3) is 0 Å². The summed E-state index contributed by atoms with van der Waals surface area (Å²) in [6, 6.07) is 9.33. The molecule has 2 aliphatic rings. The summed E-state index contributed by atoms with van der Waals surface area (Å²) in [6.45, 7) is 6.95. The summed E-state index contributed by atoms with van der Waals surface area (Å²) in [5, 5.41) is 0. The number of rotatable bonds is 5. The minimum absolute atomic E-state index is 0.0724. The summed E-state index contributed by atoms with van der Waals surface area (Å²) in [6.07, 6.45) is 1.80. The van der Waals surface area contributed by atoms with E-state index in [9.17, 15) is 4.79 Å². The third-order valence-corrected chi connectivity index (χ3v) is 5.52. The zero-order valence-electron chi connectivity index (χ0n) is 17.0. The molecule has 0 radical (unpaired) electrons. The fourth-order valence-corrected chi connectivity index (χ4v) is 3.82. The van der Waals surface area contributed by atoms with Gasteiger partial charge in [0.15, 0.2) is 0 Å². The number of benzene rings is 1. The van der Waals surface area contributed by atoms with E-state index in [4.69, 9.17) is 14.5 Å². The third kappa shape index (κ3) is 4.18. The molecule has 0 N–H and O–H groups in total. The summed E-state index contributed by atoms with van der Waals surface area (Å²) < 4.78 is 10.8. The van der Waals surface area contributed by atoms with Crippen LogP contribution in [0.4, 0.5) is 11.6 Å². The predicted molar refractivity (Wildman–Crippen MR) is 110 cm³/mol. The number of hydrogen-bond acceptors (Lipinski definition) is 7. The maximum absolute atomic E-state index is 13.1. The van der Waals surface area contributed by atoms with Crippen LogP contribution in [0.15, 0.2) is 36.5 Å². The van der Waals surface area contributed by atoms with Gasteiger partial charge in [0.2, 0.25) is 11.9 Å². The van der Waals surface area contributed by atoms with Crippen molar-refractivity contribution < 1.29 is 14.3 Å². The lowest BCUT2D eigenvalue weighted by molar-refractivity contribution is -0.125. The number of morpholine rings is 1. The van der Waals surface area contributed by atoms with E-state index in [1.807, 2.05) is 42.2 Å². The van der Waals surface area contributed by atoms with Crippen LogP contribution in [0, 0.1) is 0 Å². The van der Waals surface area contributed by atoms with Gasteiger partial charge < -0.3 is 19.3 Å². The van der Waals surface area contributed by atoms with Gasteiger partial charge in [-0.15, -0.1) is 0 Å². The van der Waals surface area contributed by atoms with Crippen LogP contribution in [-0.2, 0) is 16.1 Å². The third-order valence-electron chi connectivity index (χ3n) is 5.52. The number of nitrogens with zero attached hydrogens (tertiary/aromatic N) is 5. The minimum Gasteiger partial charge on any atom is -0.495 e. The molecule has 8 heteroatoms. The first-order valence-corrected chi connectivity index (χ1v) is 10.0. The van der Waals surface area contributed by atoms with E-state index in [1.165, 1.54) is 0 Å². The molecule has 8 nitrogen and oxygen atoms in total. The first kappa shape index (κ1) is 19.6. The molecule has 1 amide bonds. The Balaban J connectivity index is 1.45. The quantitative estimate of drug-likeness (QED) is 0.758. The molecule has 154 valence electrons. The average Bonchev–Trinajstić information content (AvgIpc) is 2.78. The Kier molecular flexibility index (Phi) is 5.92. The molecule has 4 rings (SSSR count). The van der Waals surface area contributed by atoms with Crippen molar-refractivity contribution in [2.24, 2.45) is 0 Å². The van der Waals surface area contributed by atoms with Crippen molar-refractivity contribution in [1.82, 2.24) is 14.9 Å². The smallest absolute Gasteiger partial charge is 0.244 e. The van der Waals surface area contributed by atoms with Crippen molar-refractivity contribution >= 4 is 17.5 Å². The van der Waals surface area contributed by atoms with Gasteiger partial charge in [-0.3, -0.25) is 9.69 Å². The second-order valence-corrected chi connectivity index (χ2v) is 7.26. The van der Waals surface area contributed by atoms with Gasteiger partial charge in [0.05, 0.1) is 37.7 Å². The predicted octanol–water partition coefficient (Wildman–Crippen LogP) is 1.56. The molecular formula is C21H27N5O3. The zero-order chi connectivity index (χ0) is 20.2. The van der Waals surface area contributed by atoms with Crippen LogP contribution < -0.4 is 14.5 Å². The molecule has 0 aliphatic carbocycles. The highest BCUT2D eigenvalue weighted by Crippen LogP contribution is 2.30. The van der Waals surface area contributed by atoms with Crippen LogP contribution in [-0.4, -0.2) is 73.3 Å². The minimum atomic E-state index is -0.240. The summed E-state index contributed by atoms with van der Waals surface area (Å²) in [5.41, 5.74) is 1.75. The van der Waals surface area contributed by atoms with Crippen molar-refractivity contribution in [2.45, 2.75) is 19.5 Å². The second-order valence-electron chi connectivity index (χ2n) is 7.26. The monoisotopic (exact) mass is 397 g/mol. The summed E-state index contributed by atoms with van der Waals surface area (Å²) in [7, 11) is 1.63. The second kappa shape index (κ2) is 8.75. The first-order valence-electron chi connectivity index (χ1n) is 10.0. The number of ether oxygens (including phenoxy) is 2. The largest absolute Gasteiger partial charge is 0.495 e. The van der Waals surface area contributed by atoms with Gasteiger partial charge in [-0.05, 0) is 25.1 Å². The van der Waals surface area contributed by atoms with Gasteiger partial charge in [0, 0.05) is 38.9 Å². The molecule has 2 saturated heterocycles. The Bertz CT molecular complexity index is 856. The number of anilines is 2. The topological polar surface area (TPSA) is 71.0 Å². The molecule has 29 heavy (non-hydrogen) atoms. The van der Waals surface area contributed by atoms with Gasteiger partial charge in [-0.1, -0.05) is 12.1 Å². The Morgan fingerprint density at radius 1 is 1.14 bits per heavy atom. The Hall–Kier alpha value is -2.71. The number of piperazine rings is 1. The van der Waals surface area contributed by atoms with E-state index in [2.05, 4.69) is 14.8 Å². The molecule has 0 saturated carbocycles. The number of methoxy groups -OCH3 is 1. The normalized spacial score (nSPS) is 20.8. The molecule has 0 unspecified atom stereocenters. The molecule has 0 bridgehead atoms. The van der Waals surface area contributed by atoms with Crippen LogP contribution in [0.2, 0.25) is 0 Å². The highest BCUT2D eigenvalue weighted by molar-refractivity contribution is 5.98. The van der Waals surface area contributed by atoms with Crippen LogP contribution in [0.5, 0.6) is 5.75 Å². The molecule has 1 aromatic carbocycles. The lowest BCUT2D eigenvalue weighted by Gasteiger charge is -2.39. The average molecular weight is 397 g/mol. The van der Waals surface area contributed by atoms with E-state index in [1.54, 1.807) is 13.3 Å². The summed E-state index contributed by atoms with van der Waals surface area (Å²) in [4.78, 5) is 28.3. The fraction of sp³-hybridized carbons (Fsp3) is 0.476. The van der Waals surface area contributed by atoms with Crippen LogP contribution in [0.3, 0.4) is 0 Å². The molecule has 2 fully saturated rings.